The zero-order chi connectivity index (χ0) is 37.6. The summed E-state index contributed by atoms with van der Waals surface area (Å²) in [5.41, 5.74) is 2.50. The molecule has 0 saturated carbocycles. The van der Waals surface area contributed by atoms with Crippen molar-refractivity contribution in [1.29, 1.82) is 0 Å². The van der Waals surface area contributed by atoms with E-state index in [9.17, 15) is 37.8 Å². The summed E-state index contributed by atoms with van der Waals surface area (Å²) in [6.07, 6.45) is -3.30. The maximum atomic E-state index is 13.7. The van der Waals surface area contributed by atoms with Crippen molar-refractivity contribution < 1.29 is 42.5 Å². The molecule has 5 aromatic rings. The van der Waals surface area contributed by atoms with Crippen molar-refractivity contribution in [2.75, 3.05) is 0 Å². The molecule has 0 aliphatic carbocycles. The number of aliphatic carboxylic acids is 1. The molecule has 0 spiro atoms. The van der Waals surface area contributed by atoms with E-state index < -0.39 is 42.3 Å². The number of amides is 2. The number of aliphatic hydroxyl groups is 1. The number of hydrogen-bond acceptors (Lipinski definition) is 8. The summed E-state index contributed by atoms with van der Waals surface area (Å²) in [7, 11) is 0. The fourth-order valence-electron chi connectivity index (χ4n) is 5.17. The number of thiophene rings is 1. The number of hydrogen-bond donors (Lipinski definition) is 4. The smallest absolute Gasteiger partial charge is 0.480 e. The molecule has 0 bridgehead atoms. The summed E-state index contributed by atoms with van der Waals surface area (Å²) < 4.78 is 41.4. The Morgan fingerprint density at radius 1 is 0.808 bits per heavy atom. The number of carboxylic acids is 1. The molecule has 4 N–H and O–H groups in total. The number of rotatable bonds is 12. The molecule has 52 heavy (non-hydrogen) atoms. The zero-order valence-electron chi connectivity index (χ0n) is 28.2. The molecule has 14 heteroatoms. The van der Waals surface area contributed by atoms with Crippen LogP contribution in [0.4, 0.5) is 13.2 Å². The first-order chi connectivity index (χ1) is 24.6. The number of carbonyl (C=O) groups is 3. The number of aliphatic hydroxyl groups excluding tert-OH is 1. The second-order valence-electron chi connectivity index (χ2n) is 12.9. The summed E-state index contributed by atoms with van der Waals surface area (Å²) >= 11 is 1.29. The molecule has 0 aliphatic heterocycles. The number of ether oxygens (including phenoxy) is 1. The summed E-state index contributed by atoms with van der Waals surface area (Å²) in [4.78, 5) is 49.4. The van der Waals surface area contributed by atoms with E-state index in [1.807, 2.05) is 26.8 Å². The second-order valence-corrected chi connectivity index (χ2v) is 14.0. The van der Waals surface area contributed by atoms with Crippen molar-refractivity contribution in [2.45, 2.75) is 57.2 Å². The lowest BCUT2D eigenvalue weighted by Crippen LogP contribution is -2.54. The van der Waals surface area contributed by atoms with Crippen molar-refractivity contribution in [1.82, 2.24) is 20.6 Å². The third-order valence-corrected chi connectivity index (χ3v) is 9.45. The van der Waals surface area contributed by atoms with Crippen LogP contribution in [0.1, 0.15) is 52.6 Å². The molecule has 0 radical (unpaired) electrons. The molecule has 2 aromatic heterocycles. The number of carbonyl (C=O) groups excluding carboxylic acids is 2. The molecule has 0 fully saturated rings. The molecular weight excluding hydrogens is 698 g/mol. The van der Waals surface area contributed by atoms with Gasteiger partial charge in [0.15, 0.2) is 11.9 Å². The minimum atomic E-state index is -4.79. The standard InChI is InChI=1S/C38H35F3N4O6S/c1-37(2,3)30-18-17-29(52-30)35(48)44-28(34(47)45-31(36(49)50)32(46)24-7-5-4-6-8-24)19-22-9-11-25(12-10-22)33-42-20-26(21-43-33)23-13-15-27(16-14-23)51-38(39,40)41/h4-18,20-21,28,31-32,46H,19H2,1-3H3,(H,44,48)(H,45,47)(H,49,50)/t28-,31?,32?/m0/s1. The first-order valence-corrected chi connectivity index (χ1v) is 16.8. The second kappa shape index (κ2) is 15.7. The van der Waals surface area contributed by atoms with E-state index in [2.05, 4.69) is 25.3 Å². The van der Waals surface area contributed by atoms with Crippen molar-refractivity contribution in [3.8, 4) is 28.3 Å². The van der Waals surface area contributed by atoms with Gasteiger partial charge in [0.25, 0.3) is 5.91 Å². The van der Waals surface area contributed by atoms with E-state index >= 15 is 0 Å². The summed E-state index contributed by atoms with van der Waals surface area (Å²) in [5.74, 6) is -2.75. The van der Waals surface area contributed by atoms with E-state index in [1.54, 1.807) is 60.7 Å². The van der Waals surface area contributed by atoms with Gasteiger partial charge in [0.05, 0.1) is 4.88 Å². The molecule has 270 valence electrons. The lowest BCUT2D eigenvalue weighted by molar-refractivity contribution is -0.274. The van der Waals surface area contributed by atoms with Crippen LogP contribution in [0, 0.1) is 0 Å². The summed E-state index contributed by atoms with van der Waals surface area (Å²) in [6, 6.07) is 20.9. The van der Waals surface area contributed by atoms with Gasteiger partial charge in [0.2, 0.25) is 5.91 Å². The number of halogens is 3. The van der Waals surface area contributed by atoms with Crippen LogP contribution in [-0.4, -0.2) is 56.4 Å². The molecule has 3 aromatic carbocycles. The van der Waals surface area contributed by atoms with Crippen LogP contribution in [0.15, 0.2) is 103 Å². The highest BCUT2D eigenvalue weighted by Gasteiger charge is 2.33. The van der Waals surface area contributed by atoms with Gasteiger partial charge in [-0.3, -0.25) is 9.59 Å². The zero-order valence-corrected chi connectivity index (χ0v) is 29.0. The SMILES string of the molecule is CC(C)(C)c1ccc(C(=O)N[C@@H](Cc2ccc(-c3ncc(-c4ccc(OC(F)(F)F)cc4)cn3)cc2)C(=O)NC(C(=O)O)C(O)c2ccccc2)s1. The quantitative estimate of drug-likeness (QED) is 0.111. The van der Waals surface area contributed by atoms with Gasteiger partial charge in [-0.1, -0.05) is 87.5 Å². The Labute approximate surface area is 301 Å². The first kappa shape index (κ1) is 37.7. The molecule has 5 rings (SSSR count). The van der Waals surface area contributed by atoms with E-state index in [1.165, 1.54) is 48.0 Å². The van der Waals surface area contributed by atoms with Crippen LogP contribution < -0.4 is 15.4 Å². The van der Waals surface area contributed by atoms with E-state index in [0.717, 1.165) is 4.88 Å². The van der Waals surface area contributed by atoms with Crippen LogP contribution in [0.3, 0.4) is 0 Å². The fourth-order valence-corrected chi connectivity index (χ4v) is 6.14. The number of alkyl halides is 3. The number of nitrogens with zero attached hydrogens (tertiary/aromatic N) is 2. The number of benzene rings is 3. The van der Waals surface area contributed by atoms with Gasteiger partial charge in [-0.2, -0.15) is 0 Å². The lowest BCUT2D eigenvalue weighted by atomic mass is 9.95. The Balaban J connectivity index is 1.33. The van der Waals surface area contributed by atoms with Crippen LogP contribution in [0.2, 0.25) is 0 Å². The molecule has 3 atom stereocenters. The molecular formula is C38H35F3N4O6S. The number of aromatic nitrogens is 2. The Bertz CT molecular complexity index is 2000. The third-order valence-electron chi connectivity index (χ3n) is 7.94. The average molecular weight is 733 g/mol. The van der Waals surface area contributed by atoms with Gasteiger partial charge in [0, 0.05) is 34.8 Å². The number of nitrogens with one attached hydrogen (secondary N) is 2. The van der Waals surface area contributed by atoms with Crippen molar-refractivity contribution in [3.05, 3.63) is 124 Å². The van der Waals surface area contributed by atoms with Gasteiger partial charge in [-0.05, 0) is 46.4 Å². The lowest BCUT2D eigenvalue weighted by Gasteiger charge is -2.24. The van der Waals surface area contributed by atoms with Crippen LogP contribution >= 0.6 is 11.3 Å². The number of carboxylic acid groups (broad SMARTS) is 1. The normalized spacial score (nSPS) is 13.4. The molecule has 0 saturated heterocycles. The Hall–Kier alpha value is -5.60. The highest BCUT2D eigenvalue weighted by molar-refractivity contribution is 7.14. The summed E-state index contributed by atoms with van der Waals surface area (Å²) in [5, 5.41) is 25.9. The van der Waals surface area contributed by atoms with Gasteiger partial charge >= 0.3 is 12.3 Å². The minimum Gasteiger partial charge on any atom is -0.480 e. The van der Waals surface area contributed by atoms with Crippen molar-refractivity contribution in [2.24, 2.45) is 0 Å². The maximum absolute atomic E-state index is 13.7. The maximum Gasteiger partial charge on any atom is 0.573 e. The molecule has 0 aliphatic rings. The highest BCUT2D eigenvalue weighted by Crippen LogP contribution is 2.30. The fraction of sp³-hybridized carbons (Fsp3) is 0.237. The monoisotopic (exact) mass is 732 g/mol. The van der Waals surface area contributed by atoms with Gasteiger partial charge < -0.3 is 25.6 Å². The molecule has 2 unspecified atom stereocenters. The van der Waals surface area contributed by atoms with Gasteiger partial charge in [-0.15, -0.1) is 24.5 Å². The van der Waals surface area contributed by atoms with Crippen LogP contribution in [-0.2, 0) is 21.4 Å². The van der Waals surface area contributed by atoms with Crippen molar-refractivity contribution in [3.63, 3.8) is 0 Å². The van der Waals surface area contributed by atoms with E-state index in [-0.39, 0.29) is 17.6 Å². The van der Waals surface area contributed by atoms with Gasteiger partial charge in [0.1, 0.15) is 17.9 Å². The Morgan fingerprint density at radius 3 is 1.98 bits per heavy atom. The topological polar surface area (TPSA) is 151 Å². The average Bonchev–Trinajstić information content (AvgIpc) is 3.62. The van der Waals surface area contributed by atoms with Gasteiger partial charge in [-0.25, -0.2) is 14.8 Å². The van der Waals surface area contributed by atoms with Crippen molar-refractivity contribution >= 4 is 29.1 Å². The third kappa shape index (κ3) is 9.80. The first-order valence-electron chi connectivity index (χ1n) is 16.0. The van der Waals surface area contributed by atoms with E-state index in [4.69, 9.17) is 0 Å². The largest absolute Gasteiger partial charge is 0.573 e. The van der Waals surface area contributed by atoms with E-state index in [0.29, 0.717) is 38.5 Å². The predicted octanol–water partition coefficient (Wildman–Crippen LogP) is 6.71. The molecule has 10 nitrogen and oxygen atoms in total. The predicted molar refractivity (Wildman–Crippen MR) is 189 cm³/mol. The molecule has 2 amide bonds. The highest BCUT2D eigenvalue weighted by atomic mass is 32.1. The molecule has 2 heterocycles. The summed E-state index contributed by atoms with van der Waals surface area (Å²) in [6.45, 7) is 6.05. The minimum absolute atomic E-state index is 0.0169. The van der Waals surface area contributed by atoms with Crippen LogP contribution in [0.5, 0.6) is 5.75 Å². The van der Waals surface area contributed by atoms with Crippen LogP contribution in [0.25, 0.3) is 22.5 Å². The Kier molecular flexibility index (Phi) is 11.4. The Morgan fingerprint density at radius 2 is 1.42 bits per heavy atom.